The smallest absolute Gasteiger partial charge is 0.100 e. The van der Waals surface area contributed by atoms with Crippen LogP contribution in [-0.2, 0) is 32.4 Å². The number of fused-ring (bicyclic) bond motifs is 2. The van der Waals surface area contributed by atoms with Crippen LogP contribution in [0.2, 0.25) is 0 Å². The number of hydrogen-bond acceptors (Lipinski definition) is 2. The standard InChI is InChI=1S/C83H110N6/c1-9-17-35-64-41-31-42-65(36-18-10-2)78(64)82-72-49-47-70(84-72)80(68-37-27-25-28-38-68)75-52-54-77-83(73-50-48-71(85-73)81(69-39-29-26-30-40-69)74-51-53-76(82)86(74)63-87(75)77)79-66(45-33-61-88(55-19-11-3,56-20-12-4)57-21-13-5)43-32-44-67(79)46-34-62-89(58-22-14-6,59-23-15-7)60-24-16-8/h25-32,37-44,47-54H,9-24,33-36,45-46,55-63H2,1-8H3/q+2. The number of rotatable bonds is 36. The minimum Gasteiger partial charge on any atom is -0.324 e. The highest BCUT2D eigenvalue weighted by Crippen LogP contribution is 2.42. The SMILES string of the molecule is CCCCc1cccc(CCCC)c1C1=c2ccc3n2Cn2c(ccc2C(c2c(CCC[N+](CCCC)(CCCC)CCCC)cccc2CCC[N+](CCCC)(CCCC)CCCC)=C2C=CC(=N2)C=3c2ccccc2)C(c2ccccc2)=C2C=CC1=N2. The number of allylic oxidation sites excluding steroid dienone is 4. The minimum atomic E-state index is 0.605. The summed E-state index contributed by atoms with van der Waals surface area (Å²) >= 11 is 0. The first-order valence-electron chi connectivity index (χ1n) is 36.0. The Morgan fingerprint density at radius 3 is 1.09 bits per heavy atom. The van der Waals surface area contributed by atoms with Crippen LogP contribution in [0.1, 0.15) is 227 Å². The molecule has 4 aliphatic rings. The summed E-state index contributed by atoms with van der Waals surface area (Å²) in [6.07, 6.45) is 35.7. The molecule has 2 aromatic heterocycles. The molecule has 0 saturated heterocycles. The monoisotopic (exact) mass is 1190 g/mol. The van der Waals surface area contributed by atoms with Gasteiger partial charge in [-0.05, 0) is 170 Å². The van der Waals surface area contributed by atoms with Gasteiger partial charge < -0.3 is 18.1 Å². The van der Waals surface area contributed by atoms with E-state index >= 15 is 0 Å². The van der Waals surface area contributed by atoms with Gasteiger partial charge in [0.15, 0.2) is 0 Å². The van der Waals surface area contributed by atoms with Gasteiger partial charge in [-0.3, -0.25) is 0 Å². The van der Waals surface area contributed by atoms with Crippen molar-refractivity contribution >= 4 is 33.7 Å². The van der Waals surface area contributed by atoms with Gasteiger partial charge in [0.2, 0.25) is 0 Å². The second-order valence-electron chi connectivity index (χ2n) is 26.8. The number of quaternary nitrogens is 2. The molecule has 6 heterocycles. The Labute approximate surface area is 538 Å². The first-order chi connectivity index (χ1) is 43.8. The van der Waals surface area contributed by atoms with E-state index in [1.165, 1.54) is 227 Å². The maximum atomic E-state index is 6.04. The molecular formula is C83H110N6+2. The predicted molar refractivity (Wildman–Crippen MR) is 382 cm³/mol. The Kier molecular flexibility index (Phi) is 23.4. The summed E-state index contributed by atoms with van der Waals surface area (Å²) < 4.78 is 7.89. The van der Waals surface area contributed by atoms with Crippen LogP contribution >= 0.6 is 0 Å². The summed E-state index contributed by atoms with van der Waals surface area (Å²) in [5.41, 5.74) is 22.3. The summed E-state index contributed by atoms with van der Waals surface area (Å²) in [7, 11) is 0. The van der Waals surface area contributed by atoms with E-state index in [-0.39, 0.29) is 0 Å². The Balaban J connectivity index is 1.27. The average Bonchev–Trinajstić information content (AvgIpc) is 2.16. The van der Waals surface area contributed by atoms with E-state index in [4.69, 9.17) is 9.98 Å². The third-order valence-electron chi connectivity index (χ3n) is 20.3. The van der Waals surface area contributed by atoms with Crippen molar-refractivity contribution in [3.05, 3.63) is 224 Å². The number of aryl methyl sites for hydroxylation is 4. The van der Waals surface area contributed by atoms with E-state index in [0.29, 0.717) is 6.67 Å². The van der Waals surface area contributed by atoms with Crippen LogP contribution in [0.25, 0.3) is 22.3 Å². The van der Waals surface area contributed by atoms with Crippen LogP contribution in [0.3, 0.4) is 0 Å². The van der Waals surface area contributed by atoms with Crippen molar-refractivity contribution in [1.82, 2.24) is 9.13 Å². The topological polar surface area (TPSA) is 34.6 Å². The lowest BCUT2D eigenvalue weighted by Crippen LogP contribution is -2.51. The van der Waals surface area contributed by atoms with Crippen molar-refractivity contribution in [1.29, 1.82) is 0 Å². The molecule has 6 nitrogen and oxygen atoms in total. The largest absolute Gasteiger partial charge is 0.324 e. The molecule has 4 aliphatic heterocycles. The maximum Gasteiger partial charge on any atom is 0.100 e. The Morgan fingerprint density at radius 2 is 0.663 bits per heavy atom. The second kappa shape index (κ2) is 31.9. The fraction of sp³-hybridized carbons (Fsp3) is 0.470. The van der Waals surface area contributed by atoms with Crippen molar-refractivity contribution in [3.63, 3.8) is 0 Å². The number of aliphatic imine (C=N–C) groups is 2. The number of unbranched alkanes of at least 4 members (excludes halogenated alkanes) is 8. The first-order valence-corrected chi connectivity index (χ1v) is 36.0. The summed E-state index contributed by atoms with van der Waals surface area (Å²) in [5.74, 6) is 0. The molecule has 0 aliphatic carbocycles. The van der Waals surface area contributed by atoms with Gasteiger partial charge in [-0.2, -0.15) is 0 Å². The summed E-state index contributed by atoms with van der Waals surface area (Å²) in [6.45, 7) is 29.8. The van der Waals surface area contributed by atoms with Crippen LogP contribution in [0.5, 0.6) is 0 Å². The molecule has 0 radical (unpaired) electrons. The molecule has 470 valence electrons. The normalized spacial score (nSPS) is 14.6. The molecule has 4 aromatic carbocycles. The van der Waals surface area contributed by atoms with E-state index in [1.54, 1.807) is 0 Å². The van der Waals surface area contributed by atoms with E-state index in [1.807, 2.05) is 0 Å². The van der Waals surface area contributed by atoms with Gasteiger partial charge in [0, 0.05) is 35.1 Å². The highest BCUT2D eigenvalue weighted by molar-refractivity contribution is 6.32. The van der Waals surface area contributed by atoms with Crippen LogP contribution in [-0.4, -0.2) is 81.9 Å². The molecule has 6 bridgehead atoms. The van der Waals surface area contributed by atoms with Crippen molar-refractivity contribution in [2.75, 3.05) is 52.4 Å². The van der Waals surface area contributed by atoms with Gasteiger partial charge in [0.05, 0.1) is 97.3 Å². The Morgan fingerprint density at radius 1 is 0.315 bits per heavy atom. The zero-order valence-corrected chi connectivity index (χ0v) is 56.5. The zero-order valence-electron chi connectivity index (χ0n) is 56.5. The molecule has 6 heteroatoms. The zero-order chi connectivity index (χ0) is 62.0. The first kappa shape index (κ1) is 65.4. The molecule has 0 fully saturated rings. The number of hydrogen-bond donors (Lipinski definition) is 0. The number of nitrogens with zero attached hydrogens (tertiary/aromatic N) is 6. The average molecular weight is 1190 g/mol. The maximum absolute atomic E-state index is 6.04. The van der Waals surface area contributed by atoms with Crippen LogP contribution in [0, 0.1) is 0 Å². The third kappa shape index (κ3) is 14.9. The molecule has 6 aromatic rings. The van der Waals surface area contributed by atoms with Crippen molar-refractivity contribution < 1.29 is 8.97 Å². The van der Waals surface area contributed by atoms with E-state index in [9.17, 15) is 0 Å². The molecule has 0 N–H and O–H groups in total. The highest BCUT2D eigenvalue weighted by Gasteiger charge is 2.33. The Hall–Kier alpha value is -6.60. The summed E-state index contributed by atoms with van der Waals surface area (Å²) in [6, 6.07) is 46.8. The second-order valence-corrected chi connectivity index (χ2v) is 26.8. The molecule has 0 amide bonds. The minimum absolute atomic E-state index is 0.605. The third-order valence-corrected chi connectivity index (χ3v) is 20.3. The van der Waals surface area contributed by atoms with Crippen LogP contribution in [0.15, 0.2) is 167 Å². The van der Waals surface area contributed by atoms with Gasteiger partial charge in [-0.25, -0.2) is 9.98 Å². The molecule has 89 heavy (non-hydrogen) atoms. The van der Waals surface area contributed by atoms with Gasteiger partial charge >= 0.3 is 0 Å². The molecule has 0 atom stereocenters. The molecule has 0 unspecified atom stereocenters. The van der Waals surface area contributed by atoms with Crippen molar-refractivity contribution in [2.45, 2.75) is 203 Å². The van der Waals surface area contributed by atoms with Crippen molar-refractivity contribution in [2.24, 2.45) is 9.98 Å². The number of benzene rings is 4. The fourth-order valence-corrected chi connectivity index (χ4v) is 15.4. The molecule has 0 spiro atoms. The fourth-order valence-electron chi connectivity index (χ4n) is 15.4. The van der Waals surface area contributed by atoms with Crippen LogP contribution in [0.4, 0.5) is 0 Å². The van der Waals surface area contributed by atoms with E-state index in [2.05, 4.69) is 210 Å². The predicted octanol–water partition coefficient (Wildman–Crippen LogP) is 18.7. The lowest BCUT2D eigenvalue weighted by atomic mass is 9.87. The lowest BCUT2D eigenvalue weighted by molar-refractivity contribution is -0.929. The molecule has 10 rings (SSSR count). The number of aromatic nitrogens is 2. The van der Waals surface area contributed by atoms with Crippen LogP contribution < -0.4 is 10.7 Å². The van der Waals surface area contributed by atoms with Gasteiger partial charge in [0.25, 0.3) is 0 Å². The summed E-state index contributed by atoms with van der Waals surface area (Å²) in [4.78, 5) is 12.0. The van der Waals surface area contributed by atoms with Crippen molar-refractivity contribution in [3.8, 4) is 0 Å². The molecular weight excluding hydrogens is 1080 g/mol. The Bertz CT molecular complexity index is 3520. The van der Waals surface area contributed by atoms with Gasteiger partial charge in [0.1, 0.15) is 6.67 Å². The van der Waals surface area contributed by atoms with E-state index < -0.39 is 0 Å². The van der Waals surface area contributed by atoms with Gasteiger partial charge in [-0.15, -0.1) is 0 Å². The summed E-state index contributed by atoms with van der Waals surface area (Å²) in [5, 5.41) is 2.38. The quantitative estimate of drug-likeness (QED) is 0.0352. The van der Waals surface area contributed by atoms with E-state index in [0.717, 1.165) is 87.0 Å². The molecule has 0 saturated carbocycles. The lowest BCUT2D eigenvalue weighted by Gasteiger charge is -2.39. The van der Waals surface area contributed by atoms with Gasteiger partial charge in [-0.1, -0.05) is 204 Å². The highest BCUT2D eigenvalue weighted by atomic mass is 15.4.